The Balaban J connectivity index is 2.28. The number of hydrogen-bond acceptors (Lipinski definition) is 3. The highest BCUT2D eigenvalue weighted by Crippen LogP contribution is 2.29. The fourth-order valence-electron chi connectivity index (χ4n) is 1.38. The molecular formula is C13H8BrF2NO2. The molecule has 2 aromatic rings. The van der Waals surface area contributed by atoms with Crippen molar-refractivity contribution in [1.29, 1.82) is 0 Å². The fourth-order valence-corrected chi connectivity index (χ4v) is 1.79. The largest absolute Gasteiger partial charge is 0.453 e. The highest BCUT2D eigenvalue weighted by molar-refractivity contribution is 9.10. The zero-order valence-corrected chi connectivity index (χ0v) is 11.4. The summed E-state index contributed by atoms with van der Waals surface area (Å²) >= 11 is 3.04. The summed E-state index contributed by atoms with van der Waals surface area (Å²) in [6.07, 6.45) is 1.27. The van der Waals surface area contributed by atoms with E-state index in [1.807, 2.05) is 0 Å². The van der Waals surface area contributed by atoms with Crippen LogP contribution < -0.4 is 4.74 Å². The molecule has 0 spiro atoms. The summed E-state index contributed by atoms with van der Waals surface area (Å²) in [5.74, 6) is -2.34. The van der Waals surface area contributed by atoms with E-state index in [9.17, 15) is 13.6 Å². The van der Waals surface area contributed by atoms with E-state index >= 15 is 0 Å². The lowest BCUT2D eigenvalue weighted by molar-refractivity contribution is 0.101. The zero-order valence-electron chi connectivity index (χ0n) is 9.78. The van der Waals surface area contributed by atoms with Crippen molar-refractivity contribution in [3.8, 4) is 11.5 Å². The molecule has 0 saturated carbocycles. The van der Waals surface area contributed by atoms with Gasteiger partial charge in [0.25, 0.3) is 0 Å². The van der Waals surface area contributed by atoms with E-state index in [1.165, 1.54) is 31.3 Å². The lowest BCUT2D eigenvalue weighted by atomic mass is 10.3. The van der Waals surface area contributed by atoms with E-state index < -0.39 is 11.6 Å². The maximum Gasteiger partial charge on any atom is 0.201 e. The zero-order chi connectivity index (χ0) is 14.0. The molecule has 0 aliphatic carbocycles. The number of rotatable bonds is 3. The Labute approximate surface area is 116 Å². The number of benzene rings is 1. The van der Waals surface area contributed by atoms with Gasteiger partial charge in [-0.05, 0) is 24.3 Å². The van der Waals surface area contributed by atoms with Crippen LogP contribution in [0.4, 0.5) is 8.78 Å². The van der Waals surface area contributed by atoms with Crippen LogP contribution in [0.2, 0.25) is 0 Å². The third-order valence-corrected chi connectivity index (χ3v) is 2.74. The Morgan fingerprint density at radius 1 is 1.32 bits per heavy atom. The monoisotopic (exact) mass is 327 g/mol. The molecule has 0 bridgehead atoms. The van der Waals surface area contributed by atoms with Gasteiger partial charge in [-0.25, -0.2) is 9.37 Å². The van der Waals surface area contributed by atoms with Crippen LogP contribution in [-0.4, -0.2) is 10.8 Å². The van der Waals surface area contributed by atoms with E-state index in [2.05, 4.69) is 20.9 Å². The summed E-state index contributed by atoms with van der Waals surface area (Å²) < 4.78 is 32.2. The third kappa shape index (κ3) is 3.14. The summed E-state index contributed by atoms with van der Waals surface area (Å²) in [5, 5.41) is 0. The number of nitrogens with zero attached hydrogens (tertiary/aromatic N) is 1. The van der Waals surface area contributed by atoms with Gasteiger partial charge >= 0.3 is 0 Å². The second kappa shape index (κ2) is 5.44. The minimum absolute atomic E-state index is 0.189. The molecular weight excluding hydrogens is 320 g/mol. The van der Waals surface area contributed by atoms with Gasteiger partial charge in [-0.2, -0.15) is 4.39 Å². The van der Waals surface area contributed by atoms with Crippen LogP contribution in [0.3, 0.4) is 0 Å². The van der Waals surface area contributed by atoms with Crippen molar-refractivity contribution >= 4 is 21.7 Å². The molecule has 0 aliphatic heterocycles. The molecule has 19 heavy (non-hydrogen) atoms. The van der Waals surface area contributed by atoms with Gasteiger partial charge in [-0.15, -0.1) is 0 Å². The number of halogens is 3. The molecule has 98 valence electrons. The SMILES string of the molecule is CC(=O)c1ccc(Oc2cc(Br)cc(F)c2F)cn1. The first-order chi connectivity index (χ1) is 8.97. The van der Waals surface area contributed by atoms with Crippen molar-refractivity contribution in [1.82, 2.24) is 4.98 Å². The van der Waals surface area contributed by atoms with E-state index in [0.29, 0.717) is 4.47 Å². The number of ketones is 1. The topological polar surface area (TPSA) is 39.2 Å². The molecule has 1 heterocycles. The summed E-state index contributed by atoms with van der Waals surface area (Å²) in [7, 11) is 0. The van der Waals surface area contributed by atoms with Gasteiger partial charge in [0.05, 0.1) is 6.20 Å². The first-order valence-corrected chi connectivity index (χ1v) is 6.06. The molecule has 0 atom stereocenters. The van der Waals surface area contributed by atoms with Crippen LogP contribution in [0, 0.1) is 11.6 Å². The lowest BCUT2D eigenvalue weighted by Gasteiger charge is -2.07. The average molecular weight is 328 g/mol. The number of ether oxygens (including phenoxy) is 1. The number of aromatic nitrogens is 1. The summed E-state index contributed by atoms with van der Waals surface area (Å²) in [4.78, 5) is 14.9. The number of hydrogen-bond donors (Lipinski definition) is 0. The first-order valence-electron chi connectivity index (χ1n) is 5.27. The first kappa shape index (κ1) is 13.6. The number of Topliss-reactive ketones (excluding diaryl/α,β-unsaturated/α-hetero) is 1. The Morgan fingerprint density at radius 2 is 2.05 bits per heavy atom. The molecule has 2 rings (SSSR count). The van der Waals surface area contributed by atoms with Gasteiger partial charge in [0.15, 0.2) is 17.3 Å². The molecule has 0 N–H and O–H groups in total. The third-order valence-electron chi connectivity index (χ3n) is 2.28. The van der Waals surface area contributed by atoms with Crippen molar-refractivity contribution in [2.24, 2.45) is 0 Å². The highest BCUT2D eigenvalue weighted by Gasteiger charge is 2.12. The second-order valence-electron chi connectivity index (χ2n) is 3.74. The molecule has 0 fully saturated rings. The number of carbonyl (C=O) groups is 1. The number of pyridine rings is 1. The number of carbonyl (C=O) groups excluding carboxylic acids is 1. The van der Waals surface area contributed by atoms with Gasteiger partial charge in [0.1, 0.15) is 11.4 Å². The van der Waals surface area contributed by atoms with Crippen LogP contribution in [0.5, 0.6) is 11.5 Å². The molecule has 3 nitrogen and oxygen atoms in total. The van der Waals surface area contributed by atoms with E-state index in [-0.39, 0.29) is 23.0 Å². The minimum Gasteiger partial charge on any atom is -0.453 e. The molecule has 0 unspecified atom stereocenters. The van der Waals surface area contributed by atoms with Crippen molar-refractivity contribution in [3.63, 3.8) is 0 Å². The van der Waals surface area contributed by atoms with Gasteiger partial charge in [0, 0.05) is 11.4 Å². The Morgan fingerprint density at radius 3 is 2.63 bits per heavy atom. The molecule has 1 aromatic heterocycles. The summed E-state index contributed by atoms with van der Waals surface area (Å²) in [6, 6.07) is 5.21. The van der Waals surface area contributed by atoms with E-state index in [4.69, 9.17) is 4.74 Å². The summed E-state index contributed by atoms with van der Waals surface area (Å²) in [6.45, 7) is 1.38. The van der Waals surface area contributed by atoms with Gasteiger partial charge in [0.2, 0.25) is 5.82 Å². The van der Waals surface area contributed by atoms with Crippen molar-refractivity contribution in [3.05, 3.63) is 52.3 Å². The maximum absolute atomic E-state index is 13.5. The average Bonchev–Trinajstić information content (AvgIpc) is 2.36. The molecule has 0 saturated heterocycles. The highest BCUT2D eigenvalue weighted by atomic mass is 79.9. The Kier molecular flexibility index (Phi) is 3.90. The van der Waals surface area contributed by atoms with E-state index in [1.54, 1.807) is 0 Å². The van der Waals surface area contributed by atoms with Crippen LogP contribution in [-0.2, 0) is 0 Å². The van der Waals surface area contributed by atoms with Gasteiger partial charge < -0.3 is 4.74 Å². The fraction of sp³-hybridized carbons (Fsp3) is 0.0769. The predicted molar refractivity (Wildman–Crippen MR) is 68.4 cm³/mol. The molecule has 0 amide bonds. The standard InChI is InChI=1S/C13H8BrF2NO2/c1-7(18)11-3-2-9(6-17-11)19-12-5-8(14)4-10(15)13(12)16/h2-6H,1H3. The van der Waals surface area contributed by atoms with Gasteiger partial charge in [-0.1, -0.05) is 15.9 Å². The molecule has 0 aliphatic rings. The lowest BCUT2D eigenvalue weighted by Crippen LogP contribution is -1.97. The van der Waals surface area contributed by atoms with Crippen LogP contribution in [0.25, 0.3) is 0 Å². The van der Waals surface area contributed by atoms with Gasteiger partial charge in [-0.3, -0.25) is 4.79 Å². The minimum atomic E-state index is -1.08. The van der Waals surface area contributed by atoms with Crippen molar-refractivity contribution < 1.29 is 18.3 Å². The van der Waals surface area contributed by atoms with Crippen LogP contribution in [0.1, 0.15) is 17.4 Å². The van der Waals surface area contributed by atoms with E-state index in [0.717, 1.165) is 6.07 Å². The second-order valence-corrected chi connectivity index (χ2v) is 4.65. The smallest absolute Gasteiger partial charge is 0.201 e. The normalized spacial score (nSPS) is 10.3. The molecule has 0 radical (unpaired) electrons. The Bertz CT molecular complexity index is 629. The van der Waals surface area contributed by atoms with Crippen molar-refractivity contribution in [2.45, 2.75) is 6.92 Å². The van der Waals surface area contributed by atoms with Crippen LogP contribution >= 0.6 is 15.9 Å². The Hall–Kier alpha value is -1.82. The predicted octanol–water partition coefficient (Wildman–Crippen LogP) is 4.12. The summed E-state index contributed by atoms with van der Waals surface area (Å²) in [5.41, 5.74) is 0.272. The van der Waals surface area contributed by atoms with Crippen molar-refractivity contribution in [2.75, 3.05) is 0 Å². The quantitative estimate of drug-likeness (QED) is 0.628. The molecule has 1 aromatic carbocycles. The maximum atomic E-state index is 13.5. The van der Waals surface area contributed by atoms with Crippen LogP contribution in [0.15, 0.2) is 34.9 Å². The molecule has 6 heteroatoms.